The van der Waals surface area contributed by atoms with E-state index in [1.54, 1.807) is 6.08 Å². The van der Waals surface area contributed by atoms with Crippen LogP contribution in [0.4, 0.5) is 0 Å². The molecular formula is C20H19BrO. The van der Waals surface area contributed by atoms with Gasteiger partial charge >= 0.3 is 0 Å². The Bertz CT molecular complexity index is 652. The maximum Gasteiger partial charge on any atom is 0.170 e. The lowest BCUT2D eigenvalue weighted by atomic mass is 9.92. The molecule has 2 heteroatoms. The average Bonchev–Trinajstić information content (AvgIpc) is 2.55. The zero-order chi connectivity index (χ0) is 15.8. The van der Waals surface area contributed by atoms with Crippen molar-refractivity contribution in [2.45, 2.75) is 19.3 Å². The molecule has 0 saturated heterocycles. The Kier molecular flexibility index (Phi) is 6.39. The maximum absolute atomic E-state index is 12.6. The Morgan fingerprint density at radius 2 is 1.82 bits per heavy atom. The van der Waals surface area contributed by atoms with E-state index in [0.29, 0.717) is 0 Å². The van der Waals surface area contributed by atoms with Crippen molar-refractivity contribution >= 4 is 21.7 Å². The van der Waals surface area contributed by atoms with Gasteiger partial charge in [0, 0.05) is 16.0 Å². The molecule has 0 heterocycles. The van der Waals surface area contributed by atoms with Crippen molar-refractivity contribution < 1.29 is 4.79 Å². The first-order chi connectivity index (χ1) is 10.7. The van der Waals surface area contributed by atoms with Crippen LogP contribution in [0.3, 0.4) is 0 Å². The summed E-state index contributed by atoms with van der Waals surface area (Å²) in [7, 11) is 0. The number of Topliss-reactive ketones (excluding diaryl/α,β-unsaturated/α-hetero) is 1. The van der Waals surface area contributed by atoms with Crippen molar-refractivity contribution in [2.75, 3.05) is 0 Å². The van der Waals surface area contributed by atoms with Crippen LogP contribution in [0.2, 0.25) is 0 Å². The van der Waals surface area contributed by atoms with Crippen molar-refractivity contribution in [3.63, 3.8) is 0 Å². The normalized spacial score (nSPS) is 11.5. The molecule has 1 atom stereocenters. The molecule has 0 bridgehead atoms. The maximum atomic E-state index is 12.6. The predicted molar refractivity (Wildman–Crippen MR) is 95.1 cm³/mol. The van der Waals surface area contributed by atoms with Gasteiger partial charge in [-0.2, -0.15) is 0 Å². The lowest BCUT2D eigenvalue weighted by molar-refractivity contribution is 0.0939. The number of allylic oxidation sites excluding steroid dienone is 1. The van der Waals surface area contributed by atoms with Gasteiger partial charge in [-0.25, -0.2) is 0 Å². The van der Waals surface area contributed by atoms with E-state index < -0.39 is 0 Å². The van der Waals surface area contributed by atoms with E-state index in [9.17, 15) is 4.79 Å². The van der Waals surface area contributed by atoms with Gasteiger partial charge in [0.2, 0.25) is 0 Å². The molecule has 112 valence electrons. The van der Waals surface area contributed by atoms with Gasteiger partial charge in [-0.15, -0.1) is 5.73 Å². The number of halogens is 1. The van der Waals surface area contributed by atoms with E-state index in [4.69, 9.17) is 0 Å². The molecule has 2 aromatic carbocycles. The molecule has 0 fully saturated rings. The van der Waals surface area contributed by atoms with Crippen LogP contribution in [-0.2, 0) is 6.42 Å². The highest BCUT2D eigenvalue weighted by molar-refractivity contribution is 9.10. The highest BCUT2D eigenvalue weighted by atomic mass is 79.9. The number of carbonyl (C=O) groups excluding carboxylic acids is 1. The summed E-state index contributed by atoms with van der Waals surface area (Å²) in [5.74, 6) is -0.0147. The van der Waals surface area contributed by atoms with Gasteiger partial charge in [0.25, 0.3) is 0 Å². The molecule has 0 aliphatic heterocycles. The van der Waals surface area contributed by atoms with Gasteiger partial charge < -0.3 is 0 Å². The summed E-state index contributed by atoms with van der Waals surface area (Å²) < 4.78 is 0.976. The molecule has 1 nitrogen and oxygen atoms in total. The molecule has 2 rings (SSSR count). The molecule has 22 heavy (non-hydrogen) atoms. The van der Waals surface area contributed by atoms with Crippen LogP contribution < -0.4 is 0 Å². The van der Waals surface area contributed by atoms with Crippen molar-refractivity contribution in [1.82, 2.24) is 0 Å². The van der Waals surface area contributed by atoms with E-state index in [1.807, 2.05) is 42.5 Å². The second-order valence-electron chi connectivity index (χ2n) is 5.23. The first-order valence-corrected chi connectivity index (χ1v) is 8.19. The zero-order valence-electron chi connectivity index (χ0n) is 12.5. The van der Waals surface area contributed by atoms with Crippen LogP contribution in [0, 0.1) is 5.92 Å². The second-order valence-corrected chi connectivity index (χ2v) is 6.14. The summed E-state index contributed by atoms with van der Waals surface area (Å²) in [5.41, 5.74) is 4.81. The summed E-state index contributed by atoms with van der Waals surface area (Å²) in [4.78, 5) is 12.6. The van der Waals surface area contributed by atoms with Gasteiger partial charge in [-0.1, -0.05) is 65.0 Å². The van der Waals surface area contributed by atoms with E-state index >= 15 is 0 Å². The predicted octanol–water partition coefficient (Wildman–Crippen LogP) is 5.61. The molecule has 0 spiro atoms. The number of ketones is 1. The van der Waals surface area contributed by atoms with Crippen LogP contribution in [-0.4, -0.2) is 5.78 Å². The molecule has 0 saturated carbocycles. The first-order valence-electron chi connectivity index (χ1n) is 7.40. The van der Waals surface area contributed by atoms with Gasteiger partial charge in [-0.3, -0.25) is 4.79 Å². The third kappa shape index (κ3) is 4.84. The third-order valence-electron chi connectivity index (χ3n) is 3.61. The van der Waals surface area contributed by atoms with Crippen molar-refractivity contribution in [1.29, 1.82) is 0 Å². The van der Waals surface area contributed by atoms with E-state index in [1.165, 1.54) is 5.56 Å². The monoisotopic (exact) mass is 354 g/mol. The smallest absolute Gasteiger partial charge is 0.170 e. The van der Waals surface area contributed by atoms with Crippen molar-refractivity contribution in [3.05, 3.63) is 88.6 Å². The van der Waals surface area contributed by atoms with E-state index in [2.05, 4.69) is 40.4 Å². The van der Waals surface area contributed by atoms with Crippen LogP contribution in [0.15, 0.2) is 77.5 Å². The molecule has 1 unspecified atom stereocenters. The summed E-state index contributed by atoms with van der Waals surface area (Å²) in [5, 5.41) is 0. The topological polar surface area (TPSA) is 17.1 Å². The fourth-order valence-electron chi connectivity index (χ4n) is 2.43. The highest BCUT2D eigenvalue weighted by Crippen LogP contribution is 2.19. The second kappa shape index (κ2) is 8.53. The lowest BCUT2D eigenvalue weighted by Crippen LogP contribution is -2.12. The minimum absolute atomic E-state index is 0.136. The standard InChI is InChI=1S/C20H19BrO/c1-2-7-17(11-6-10-16-8-4-3-5-9-16)20(22)18-12-14-19(21)15-13-18/h3-5,7-9,12-15,17H,1,6,10-11H2. The number of aryl methyl sites for hydroxylation is 1. The van der Waals surface area contributed by atoms with Gasteiger partial charge in [0.1, 0.15) is 0 Å². The van der Waals surface area contributed by atoms with Crippen molar-refractivity contribution in [2.24, 2.45) is 5.92 Å². The summed E-state index contributed by atoms with van der Waals surface area (Å²) in [6.45, 7) is 3.62. The van der Waals surface area contributed by atoms with Crippen LogP contribution in [0.5, 0.6) is 0 Å². The Balaban J connectivity index is 1.98. The Hall–Kier alpha value is -1.89. The Morgan fingerprint density at radius 1 is 1.14 bits per heavy atom. The third-order valence-corrected chi connectivity index (χ3v) is 4.14. The first kappa shape index (κ1) is 16.5. The molecule has 0 amide bonds. The molecule has 0 aliphatic rings. The van der Waals surface area contributed by atoms with Gasteiger partial charge in [-0.05, 0) is 43.0 Å². The summed E-state index contributed by atoms with van der Waals surface area (Å²) in [6.07, 6.45) is 4.55. The summed E-state index contributed by atoms with van der Waals surface area (Å²) in [6, 6.07) is 17.8. The fourth-order valence-corrected chi connectivity index (χ4v) is 2.70. The number of carbonyl (C=O) groups is 1. The molecule has 2 aromatic rings. The SMILES string of the molecule is C=C=CC(CCCc1ccccc1)C(=O)c1ccc(Br)cc1. The van der Waals surface area contributed by atoms with Crippen LogP contribution >= 0.6 is 15.9 Å². The Labute approximate surface area is 140 Å². The fraction of sp³-hybridized carbons (Fsp3) is 0.200. The molecular weight excluding hydrogens is 336 g/mol. The van der Waals surface area contributed by atoms with E-state index in [-0.39, 0.29) is 11.7 Å². The summed E-state index contributed by atoms with van der Waals surface area (Å²) >= 11 is 3.39. The van der Waals surface area contributed by atoms with Crippen LogP contribution in [0.25, 0.3) is 0 Å². The van der Waals surface area contributed by atoms with Gasteiger partial charge in [0.15, 0.2) is 5.78 Å². The average molecular weight is 355 g/mol. The number of rotatable bonds is 7. The molecule has 0 radical (unpaired) electrons. The van der Waals surface area contributed by atoms with Gasteiger partial charge in [0.05, 0.1) is 0 Å². The quantitative estimate of drug-likeness (QED) is 0.466. The van der Waals surface area contributed by atoms with Crippen molar-refractivity contribution in [3.8, 4) is 0 Å². The lowest BCUT2D eigenvalue weighted by Gasteiger charge is -2.11. The highest BCUT2D eigenvalue weighted by Gasteiger charge is 2.17. The largest absolute Gasteiger partial charge is 0.293 e. The number of benzene rings is 2. The number of hydrogen-bond donors (Lipinski definition) is 0. The molecule has 0 aromatic heterocycles. The minimum atomic E-state index is -0.151. The van der Waals surface area contributed by atoms with E-state index in [0.717, 1.165) is 29.3 Å². The van der Waals surface area contributed by atoms with Crippen LogP contribution in [0.1, 0.15) is 28.8 Å². The Morgan fingerprint density at radius 3 is 2.45 bits per heavy atom. The number of hydrogen-bond acceptors (Lipinski definition) is 1. The molecule has 0 aliphatic carbocycles. The minimum Gasteiger partial charge on any atom is -0.293 e. The molecule has 0 N–H and O–H groups in total. The zero-order valence-corrected chi connectivity index (χ0v) is 14.1.